The van der Waals surface area contributed by atoms with Gasteiger partial charge in [-0.25, -0.2) is 8.78 Å². The minimum atomic E-state index is -0.760. The Balaban J connectivity index is 2.18. The molecule has 1 aliphatic carbocycles. The van der Waals surface area contributed by atoms with Crippen LogP contribution >= 0.6 is 0 Å². The van der Waals surface area contributed by atoms with Gasteiger partial charge in [0.05, 0.1) is 6.10 Å². The summed E-state index contributed by atoms with van der Waals surface area (Å²) in [4.78, 5) is 12.5. The number of hydrogen-bond acceptors (Lipinski definition) is 2. The van der Waals surface area contributed by atoms with Crippen LogP contribution in [0.3, 0.4) is 0 Å². The highest BCUT2D eigenvalue weighted by Crippen LogP contribution is 2.46. The predicted molar refractivity (Wildman–Crippen MR) is 76.7 cm³/mol. The van der Waals surface area contributed by atoms with Gasteiger partial charge in [0.1, 0.15) is 11.6 Å². The molecule has 2 N–H and O–H groups in total. The smallest absolute Gasteiger partial charge is 0.230 e. The summed E-state index contributed by atoms with van der Waals surface area (Å²) in [5.41, 5.74) is -0.822. The average Bonchev–Trinajstić information content (AvgIpc) is 2.23. The molecule has 1 aliphatic rings. The van der Waals surface area contributed by atoms with Gasteiger partial charge in [-0.2, -0.15) is 0 Å². The van der Waals surface area contributed by atoms with Crippen LogP contribution in [-0.2, 0) is 4.79 Å². The minimum Gasteiger partial charge on any atom is -0.393 e. The Morgan fingerprint density at radius 2 is 1.76 bits per heavy atom. The van der Waals surface area contributed by atoms with Gasteiger partial charge in [0.15, 0.2) is 0 Å². The van der Waals surface area contributed by atoms with Gasteiger partial charge in [0.2, 0.25) is 5.91 Å². The van der Waals surface area contributed by atoms with Crippen LogP contribution in [0, 0.1) is 22.5 Å². The second-order valence-electron chi connectivity index (χ2n) is 7.08. The Bertz CT molecular complexity index is 539. The van der Waals surface area contributed by atoms with E-state index < -0.39 is 23.2 Å². The Hall–Kier alpha value is -1.49. The molecule has 2 atom stereocenters. The highest BCUT2D eigenvalue weighted by molar-refractivity contribution is 5.95. The highest BCUT2D eigenvalue weighted by atomic mass is 19.1. The summed E-state index contributed by atoms with van der Waals surface area (Å²) in [5.74, 6) is -1.79. The van der Waals surface area contributed by atoms with Crippen LogP contribution < -0.4 is 5.32 Å². The first-order valence-electron chi connectivity index (χ1n) is 7.05. The van der Waals surface area contributed by atoms with Crippen molar-refractivity contribution in [2.75, 3.05) is 5.32 Å². The standard InChI is InChI=1S/C16H21F2NO2/c1-15(2)7-13(20)8-16(3,9-15)14(21)19-12-5-10(17)4-11(18)6-12/h4-6,13,20H,7-9H2,1-3H3,(H,19,21). The fourth-order valence-corrected chi connectivity index (χ4v) is 3.51. The highest BCUT2D eigenvalue weighted by Gasteiger charge is 2.45. The number of amides is 1. The zero-order chi connectivity index (χ0) is 15.8. The van der Waals surface area contributed by atoms with Crippen LogP contribution in [-0.4, -0.2) is 17.1 Å². The maximum absolute atomic E-state index is 13.2. The third kappa shape index (κ3) is 3.79. The summed E-state index contributed by atoms with van der Waals surface area (Å²) in [6.45, 7) is 5.79. The van der Waals surface area contributed by atoms with Crippen molar-refractivity contribution in [3.63, 3.8) is 0 Å². The zero-order valence-corrected chi connectivity index (χ0v) is 12.5. The molecule has 1 amide bonds. The van der Waals surface area contributed by atoms with E-state index in [1.54, 1.807) is 6.92 Å². The van der Waals surface area contributed by atoms with Crippen molar-refractivity contribution in [3.8, 4) is 0 Å². The molecule has 0 saturated heterocycles. The van der Waals surface area contributed by atoms with Crippen LogP contribution in [0.2, 0.25) is 0 Å². The SMILES string of the molecule is CC1(C)CC(O)CC(C)(C(=O)Nc2cc(F)cc(F)c2)C1. The van der Waals surface area contributed by atoms with Crippen molar-refractivity contribution in [1.29, 1.82) is 0 Å². The molecule has 21 heavy (non-hydrogen) atoms. The number of carbonyl (C=O) groups excluding carboxylic acids is 1. The lowest BCUT2D eigenvalue weighted by molar-refractivity contribution is -0.132. The second kappa shape index (κ2) is 5.37. The van der Waals surface area contributed by atoms with Crippen molar-refractivity contribution in [1.82, 2.24) is 0 Å². The van der Waals surface area contributed by atoms with E-state index in [9.17, 15) is 18.7 Å². The number of aliphatic hydroxyl groups is 1. The largest absolute Gasteiger partial charge is 0.393 e. The van der Waals surface area contributed by atoms with Gasteiger partial charge in [0, 0.05) is 17.2 Å². The molecule has 1 aromatic carbocycles. The van der Waals surface area contributed by atoms with Crippen LogP contribution in [0.1, 0.15) is 40.0 Å². The molecule has 0 spiro atoms. The fourth-order valence-electron chi connectivity index (χ4n) is 3.51. The summed E-state index contributed by atoms with van der Waals surface area (Å²) < 4.78 is 26.3. The van der Waals surface area contributed by atoms with Crippen molar-refractivity contribution < 1.29 is 18.7 Å². The number of hydrogen-bond donors (Lipinski definition) is 2. The number of carbonyl (C=O) groups is 1. The number of rotatable bonds is 2. The lowest BCUT2D eigenvalue weighted by Gasteiger charge is -2.43. The molecule has 1 aromatic rings. The maximum atomic E-state index is 13.2. The van der Waals surface area contributed by atoms with Gasteiger partial charge in [-0.15, -0.1) is 0 Å². The molecule has 1 fully saturated rings. The molecular weight excluding hydrogens is 276 g/mol. The first-order valence-corrected chi connectivity index (χ1v) is 7.05. The van der Waals surface area contributed by atoms with E-state index in [4.69, 9.17) is 0 Å². The molecule has 5 heteroatoms. The average molecular weight is 297 g/mol. The minimum absolute atomic E-state index is 0.0941. The van der Waals surface area contributed by atoms with E-state index in [2.05, 4.69) is 5.32 Å². The first-order chi connectivity index (χ1) is 9.59. The van der Waals surface area contributed by atoms with Crippen LogP contribution in [0.4, 0.5) is 14.5 Å². The van der Waals surface area contributed by atoms with Gasteiger partial charge >= 0.3 is 0 Å². The summed E-state index contributed by atoms with van der Waals surface area (Å²) in [5, 5.41) is 12.5. The predicted octanol–water partition coefficient (Wildman–Crippen LogP) is 3.48. The van der Waals surface area contributed by atoms with Crippen molar-refractivity contribution in [2.45, 2.75) is 46.1 Å². The molecule has 0 radical (unpaired) electrons. The van der Waals surface area contributed by atoms with Gasteiger partial charge < -0.3 is 10.4 Å². The Labute approximate surface area is 123 Å². The molecule has 116 valence electrons. The van der Waals surface area contributed by atoms with E-state index in [1.807, 2.05) is 13.8 Å². The third-order valence-corrected chi connectivity index (χ3v) is 4.01. The lowest BCUT2D eigenvalue weighted by Crippen LogP contribution is -2.45. The molecule has 2 unspecified atom stereocenters. The van der Waals surface area contributed by atoms with Crippen molar-refractivity contribution in [3.05, 3.63) is 29.8 Å². The van der Waals surface area contributed by atoms with Gasteiger partial charge in [-0.3, -0.25) is 4.79 Å². The molecule has 2 rings (SSSR count). The number of anilines is 1. The van der Waals surface area contributed by atoms with Gasteiger partial charge in [-0.05, 0) is 36.8 Å². The molecule has 0 aromatic heterocycles. The van der Waals surface area contributed by atoms with Crippen molar-refractivity contribution >= 4 is 11.6 Å². The van der Waals surface area contributed by atoms with Crippen LogP contribution in [0.5, 0.6) is 0 Å². The van der Waals surface area contributed by atoms with Crippen molar-refractivity contribution in [2.24, 2.45) is 10.8 Å². The lowest BCUT2D eigenvalue weighted by atomic mass is 9.63. The van der Waals surface area contributed by atoms with Gasteiger partial charge in [0.25, 0.3) is 0 Å². The van der Waals surface area contributed by atoms with Crippen LogP contribution in [0.25, 0.3) is 0 Å². The Morgan fingerprint density at radius 3 is 2.29 bits per heavy atom. The normalized spacial score (nSPS) is 28.2. The Morgan fingerprint density at radius 1 is 1.19 bits per heavy atom. The van der Waals surface area contributed by atoms with Crippen LogP contribution in [0.15, 0.2) is 18.2 Å². The molecule has 0 heterocycles. The maximum Gasteiger partial charge on any atom is 0.230 e. The van der Waals surface area contributed by atoms with E-state index >= 15 is 0 Å². The number of benzene rings is 1. The quantitative estimate of drug-likeness (QED) is 0.878. The summed E-state index contributed by atoms with van der Waals surface area (Å²) in [7, 11) is 0. The summed E-state index contributed by atoms with van der Waals surface area (Å²) in [6, 6.07) is 2.91. The number of halogens is 2. The molecule has 1 saturated carbocycles. The second-order valence-corrected chi connectivity index (χ2v) is 7.08. The molecular formula is C16H21F2NO2. The number of nitrogens with one attached hydrogen (secondary N) is 1. The zero-order valence-electron chi connectivity index (χ0n) is 12.5. The molecule has 3 nitrogen and oxygen atoms in total. The monoisotopic (exact) mass is 297 g/mol. The topological polar surface area (TPSA) is 49.3 Å². The summed E-state index contributed by atoms with van der Waals surface area (Å²) >= 11 is 0. The third-order valence-electron chi connectivity index (χ3n) is 4.01. The number of aliphatic hydroxyl groups excluding tert-OH is 1. The van der Waals surface area contributed by atoms with E-state index in [0.717, 1.165) is 18.2 Å². The molecule has 0 aliphatic heterocycles. The fraction of sp³-hybridized carbons (Fsp3) is 0.562. The Kier molecular flexibility index (Phi) is 4.06. The van der Waals surface area contributed by atoms with E-state index in [-0.39, 0.29) is 17.0 Å². The first kappa shape index (κ1) is 15.9. The van der Waals surface area contributed by atoms with E-state index in [0.29, 0.717) is 19.3 Å². The van der Waals surface area contributed by atoms with Gasteiger partial charge in [-0.1, -0.05) is 20.8 Å². The molecule has 0 bridgehead atoms. The van der Waals surface area contributed by atoms with E-state index in [1.165, 1.54) is 0 Å². The summed E-state index contributed by atoms with van der Waals surface area (Å²) in [6.07, 6.45) is 1.05.